The molecule has 17 heavy (non-hydrogen) atoms. The quantitative estimate of drug-likeness (QED) is 0.783. The first-order valence-electron chi connectivity index (χ1n) is 5.82. The van der Waals surface area contributed by atoms with Crippen LogP contribution in [0.15, 0.2) is 0 Å². The number of hydrogen-bond donors (Lipinski definition) is 1. The summed E-state index contributed by atoms with van der Waals surface area (Å²) in [5.41, 5.74) is 0. The van der Waals surface area contributed by atoms with Gasteiger partial charge in [0.25, 0.3) is 0 Å². The van der Waals surface area contributed by atoms with E-state index in [1.54, 1.807) is 11.8 Å². The molecule has 0 aliphatic rings. The highest BCUT2D eigenvalue weighted by atomic mass is 32.2. The minimum Gasteiger partial charge on any atom is -0.353 e. The van der Waals surface area contributed by atoms with Gasteiger partial charge in [0.2, 0.25) is 5.91 Å². The van der Waals surface area contributed by atoms with Gasteiger partial charge >= 0.3 is 0 Å². The van der Waals surface area contributed by atoms with Gasteiger partial charge in [-0.15, -0.1) is 11.8 Å². The summed E-state index contributed by atoms with van der Waals surface area (Å²) >= 11 is 8.44. The lowest BCUT2D eigenvalue weighted by molar-refractivity contribution is -0.123. The molecule has 0 unspecified atom stereocenters. The van der Waals surface area contributed by atoms with E-state index in [0.29, 0.717) is 5.92 Å². The van der Waals surface area contributed by atoms with Crippen LogP contribution in [0.2, 0.25) is 0 Å². The fourth-order valence-electron chi connectivity index (χ4n) is 0.955. The van der Waals surface area contributed by atoms with Crippen LogP contribution in [-0.4, -0.2) is 26.0 Å². The maximum absolute atomic E-state index is 11.9. The van der Waals surface area contributed by atoms with Crippen LogP contribution in [0.25, 0.3) is 0 Å². The van der Waals surface area contributed by atoms with Crippen molar-refractivity contribution in [2.75, 3.05) is 5.75 Å². The topological polar surface area (TPSA) is 29.1 Å². The zero-order valence-corrected chi connectivity index (χ0v) is 13.9. The van der Waals surface area contributed by atoms with Crippen LogP contribution < -0.4 is 5.32 Å². The van der Waals surface area contributed by atoms with Gasteiger partial charge in [0.1, 0.15) is 3.53 Å². The van der Waals surface area contributed by atoms with E-state index < -0.39 is 4.75 Å². The molecule has 0 aromatic heterocycles. The van der Waals surface area contributed by atoms with Gasteiger partial charge in [0.15, 0.2) is 0 Å². The summed E-state index contributed by atoms with van der Waals surface area (Å²) < 4.78 is 0.355. The highest BCUT2D eigenvalue weighted by molar-refractivity contribution is 8.47. The molecule has 0 aliphatic heterocycles. The minimum absolute atomic E-state index is 0.0463. The van der Waals surface area contributed by atoms with Crippen LogP contribution in [-0.2, 0) is 4.79 Å². The van der Waals surface area contributed by atoms with Crippen molar-refractivity contribution < 1.29 is 4.79 Å². The maximum Gasteiger partial charge on any atom is 0.236 e. The van der Waals surface area contributed by atoms with Gasteiger partial charge in [0.05, 0.1) is 4.75 Å². The zero-order valence-electron chi connectivity index (χ0n) is 11.5. The lowest BCUT2D eigenvalue weighted by Crippen LogP contribution is -2.43. The Bertz CT molecular complexity index is 275. The van der Waals surface area contributed by atoms with Gasteiger partial charge in [-0.1, -0.05) is 37.8 Å². The lowest BCUT2D eigenvalue weighted by Gasteiger charge is -2.24. The highest BCUT2D eigenvalue weighted by Crippen LogP contribution is 2.31. The molecule has 0 fully saturated rings. The molecule has 0 aromatic carbocycles. The SMILES string of the molecule is CC(C)CSC(=S)SC(C)(C)C(=O)NC(C)C. The first-order chi connectivity index (χ1) is 7.65. The fourth-order valence-corrected chi connectivity index (χ4v) is 3.89. The second-order valence-corrected chi connectivity index (χ2v) is 9.04. The van der Waals surface area contributed by atoms with E-state index in [4.69, 9.17) is 12.2 Å². The molecule has 5 heteroatoms. The predicted octanol–water partition coefficient (Wildman–Crippen LogP) is 3.70. The van der Waals surface area contributed by atoms with Crippen molar-refractivity contribution in [1.82, 2.24) is 5.32 Å². The largest absolute Gasteiger partial charge is 0.353 e. The molecule has 0 rings (SSSR count). The molecule has 0 atom stereocenters. The summed E-state index contributed by atoms with van der Waals surface area (Å²) in [7, 11) is 0. The third-order valence-corrected chi connectivity index (χ3v) is 4.98. The smallest absolute Gasteiger partial charge is 0.236 e. The van der Waals surface area contributed by atoms with E-state index in [0.717, 1.165) is 9.28 Å². The molecule has 0 aliphatic carbocycles. The van der Waals surface area contributed by atoms with Gasteiger partial charge in [-0.3, -0.25) is 4.79 Å². The van der Waals surface area contributed by atoms with Crippen LogP contribution >= 0.6 is 35.7 Å². The monoisotopic (exact) mass is 293 g/mol. The summed E-state index contributed by atoms with van der Waals surface area (Å²) in [4.78, 5) is 11.9. The number of thioether (sulfide) groups is 2. The Labute approximate surface area is 119 Å². The molecule has 0 bridgehead atoms. The Hall–Kier alpha value is 0.260. The van der Waals surface area contributed by atoms with Crippen molar-refractivity contribution in [1.29, 1.82) is 0 Å². The fraction of sp³-hybridized carbons (Fsp3) is 0.833. The molecular formula is C12H23NOS3. The van der Waals surface area contributed by atoms with Crippen molar-refractivity contribution in [2.45, 2.75) is 52.3 Å². The second kappa shape index (κ2) is 7.64. The van der Waals surface area contributed by atoms with E-state index in [1.807, 2.05) is 27.7 Å². The molecule has 100 valence electrons. The number of hydrogen-bond acceptors (Lipinski definition) is 4. The Morgan fingerprint density at radius 3 is 2.24 bits per heavy atom. The number of carbonyl (C=O) groups excluding carboxylic acids is 1. The van der Waals surface area contributed by atoms with E-state index >= 15 is 0 Å². The molecule has 0 radical (unpaired) electrons. The van der Waals surface area contributed by atoms with Gasteiger partial charge in [-0.05, 0) is 33.6 Å². The standard InChI is InChI=1S/C12H23NOS3/c1-8(2)7-16-11(15)17-12(5,6)10(14)13-9(3)4/h8-9H,7H2,1-6H3,(H,13,14). The molecule has 2 nitrogen and oxygen atoms in total. The Morgan fingerprint density at radius 1 is 1.29 bits per heavy atom. The van der Waals surface area contributed by atoms with E-state index in [9.17, 15) is 4.79 Å². The number of amides is 1. The van der Waals surface area contributed by atoms with Crippen molar-refractivity contribution in [2.24, 2.45) is 5.92 Å². The summed E-state index contributed by atoms with van der Waals surface area (Å²) in [6, 6.07) is 0.166. The molecule has 1 amide bonds. The third-order valence-electron chi connectivity index (χ3n) is 1.84. The Morgan fingerprint density at radius 2 is 1.82 bits per heavy atom. The van der Waals surface area contributed by atoms with Crippen molar-refractivity contribution >= 4 is 45.2 Å². The molecule has 0 aromatic rings. The molecule has 0 spiro atoms. The average Bonchev–Trinajstić information content (AvgIpc) is 2.12. The summed E-state index contributed by atoms with van der Waals surface area (Å²) in [5.74, 6) is 1.67. The Balaban J connectivity index is 4.23. The summed E-state index contributed by atoms with van der Waals surface area (Å²) in [6.45, 7) is 12.1. The number of carbonyl (C=O) groups is 1. The minimum atomic E-state index is -0.495. The normalized spacial score (nSPS) is 12.0. The zero-order chi connectivity index (χ0) is 13.6. The predicted molar refractivity (Wildman–Crippen MR) is 84.8 cm³/mol. The van der Waals surface area contributed by atoms with Crippen molar-refractivity contribution in [3.05, 3.63) is 0 Å². The van der Waals surface area contributed by atoms with Crippen LogP contribution in [0.1, 0.15) is 41.5 Å². The molecule has 0 saturated heterocycles. The first kappa shape index (κ1) is 17.3. The highest BCUT2D eigenvalue weighted by Gasteiger charge is 2.30. The molecular weight excluding hydrogens is 270 g/mol. The first-order valence-corrected chi connectivity index (χ1v) is 8.03. The molecule has 0 saturated carbocycles. The van der Waals surface area contributed by atoms with Crippen molar-refractivity contribution in [3.63, 3.8) is 0 Å². The second-order valence-electron chi connectivity index (χ2n) is 5.20. The maximum atomic E-state index is 11.9. The third kappa shape index (κ3) is 8.06. The van der Waals surface area contributed by atoms with E-state index in [2.05, 4.69) is 19.2 Å². The van der Waals surface area contributed by atoms with Crippen LogP contribution in [0.5, 0.6) is 0 Å². The summed E-state index contributed by atoms with van der Waals surface area (Å²) in [6.07, 6.45) is 0. The molecule has 1 N–H and O–H groups in total. The van der Waals surface area contributed by atoms with Crippen molar-refractivity contribution in [3.8, 4) is 0 Å². The number of rotatable bonds is 5. The van der Waals surface area contributed by atoms with E-state index in [-0.39, 0.29) is 11.9 Å². The van der Waals surface area contributed by atoms with Gasteiger partial charge in [-0.25, -0.2) is 0 Å². The summed E-state index contributed by atoms with van der Waals surface area (Å²) in [5, 5.41) is 2.92. The van der Waals surface area contributed by atoms with Gasteiger partial charge in [-0.2, -0.15) is 0 Å². The van der Waals surface area contributed by atoms with Crippen LogP contribution in [0.4, 0.5) is 0 Å². The lowest BCUT2D eigenvalue weighted by atomic mass is 10.2. The molecule has 0 heterocycles. The van der Waals surface area contributed by atoms with E-state index in [1.165, 1.54) is 11.8 Å². The Kier molecular flexibility index (Phi) is 7.76. The van der Waals surface area contributed by atoms with Crippen LogP contribution in [0, 0.1) is 5.92 Å². The number of nitrogens with one attached hydrogen (secondary N) is 1. The van der Waals surface area contributed by atoms with Gasteiger partial charge in [0, 0.05) is 11.8 Å². The number of thiocarbonyl (C=S) groups is 1. The van der Waals surface area contributed by atoms with Crippen LogP contribution in [0.3, 0.4) is 0 Å². The van der Waals surface area contributed by atoms with Gasteiger partial charge < -0.3 is 5.32 Å². The average molecular weight is 294 g/mol.